The lowest BCUT2D eigenvalue weighted by molar-refractivity contribution is -0.116. The van der Waals surface area contributed by atoms with Gasteiger partial charge in [-0.2, -0.15) is 0 Å². The summed E-state index contributed by atoms with van der Waals surface area (Å²) in [7, 11) is 0. The largest absolute Gasteiger partial charge is 0.337 e. The van der Waals surface area contributed by atoms with Gasteiger partial charge in [0.15, 0.2) is 5.13 Å². The van der Waals surface area contributed by atoms with E-state index >= 15 is 0 Å². The zero-order chi connectivity index (χ0) is 20.8. The third kappa shape index (κ3) is 4.91. The summed E-state index contributed by atoms with van der Waals surface area (Å²) < 4.78 is 3.17. The van der Waals surface area contributed by atoms with Crippen molar-refractivity contribution < 1.29 is 4.79 Å². The number of imidazole rings is 1. The molecule has 1 amide bonds. The molecule has 30 heavy (non-hydrogen) atoms. The highest BCUT2D eigenvalue weighted by atomic mass is 32.2. The second kappa shape index (κ2) is 9.91. The lowest BCUT2D eigenvalue weighted by Crippen LogP contribution is -2.33. The Labute approximate surface area is 184 Å². The minimum absolute atomic E-state index is 0.0894. The molecule has 5 nitrogen and oxygen atoms in total. The van der Waals surface area contributed by atoms with Crippen molar-refractivity contribution in [2.45, 2.75) is 31.2 Å². The number of carbonyl (C=O) groups is 1. The van der Waals surface area contributed by atoms with Crippen LogP contribution in [0.2, 0.25) is 0 Å². The SMILES string of the molecule is CCc1cccc2sc(N(CCCn3ccnc3)C(=O)CSc3ccccc3)nc12. The summed E-state index contributed by atoms with van der Waals surface area (Å²) in [5.41, 5.74) is 2.24. The Kier molecular flexibility index (Phi) is 6.81. The molecule has 0 atom stereocenters. The van der Waals surface area contributed by atoms with Gasteiger partial charge in [-0.15, -0.1) is 11.8 Å². The molecular formula is C23H24N4OS2. The second-order valence-corrected chi connectivity index (χ2v) is 8.97. The number of fused-ring (bicyclic) bond motifs is 1. The molecule has 2 heterocycles. The van der Waals surface area contributed by atoms with E-state index in [4.69, 9.17) is 4.98 Å². The van der Waals surface area contributed by atoms with Gasteiger partial charge in [-0.25, -0.2) is 9.97 Å². The van der Waals surface area contributed by atoms with Crippen LogP contribution in [0.4, 0.5) is 5.13 Å². The topological polar surface area (TPSA) is 51.0 Å². The lowest BCUT2D eigenvalue weighted by Gasteiger charge is -2.20. The fraction of sp³-hybridized carbons (Fsp3) is 0.261. The van der Waals surface area contributed by atoms with Gasteiger partial charge >= 0.3 is 0 Å². The molecule has 0 spiro atoms. The number of thiazole rings is 1. The van der Waals surface area contributed by atoms with Crippen LogP contribution in [0.25, 0.3) is 10.2 Å². The Balaban J connectivity index is 1.53. The number of carbonyl (C=O) groups excluding carboxylic acids is 1. The van der Waals surface area contributed by atoms with Gasteiger partial charge in [-0.3, -0.25) is 9.69 Å². The summed E-state index contributed by atoms with van der Waals surface area (Å²) in [6.45, 7) is 3.59. The molecule has 0 bridgehead atoms. The molecule has 0 aliphatic rings. The monoisotopic (exact) mass is 436 g/mol. The van der Waals surface area contributed by atoms with Crippen LogP contribution in [0.15, 0.2) is 72.1 Å². The van der Waals surface area contributed by atoms with Crippen molar-refractivity contribution in [1.29, 1.82) is 0 Å². The summed E-state index contributed by atoms with van der Waals surface area (Å²) >= 11 is 3.17. The standard InChI is InChI=1S/C23H24N4OS2/c1-2-18-8-6-11-20-22(18)25-23(30-20)27(14-7-13-26-15-12-24-17-26)21(28)16-29-19-9-4-3-5-10-19/h3-6,8-12,15,17H,2,7,13-14,16H2,1H3. The number of thioether (sulfide) groups is 1. The molecule has 2 aromatic heterocycles. The predicted molar refractivity (Wildman–Crippen MR) is 125 cm³/mol. The van der Waals surface area contributed by atoms with Crippen molar-refractivity contribution >= 4 is 44.4 Å². The van der Waals surface area contributed by atoms with E-state index in [2.05, 4.69) is 30.1 Å². The number of anilines is 1. The van der Waals surface area contributed by atoms with Crippen molar-refractivity contribution in [2.24, 2.45) is 0 Å². The van der Waals surface area contributed by atoms with E-state index in [1.807, 2.05) is 52.3 Å². The highest BCUT2D eigenvalue weighted by Gasteiger charge is 2.20. The molecule has 0 N–H and O–H groups in total. The fourth-order valence-electron chi connectivity index (χ4n) is 3.29. The number of aryl methyl sites for hydroxylation is 2. The van der Waals surface area contributed by atoms with Gasteiger partial charge in [-0.1, -0.05) is 48.6 Å². The first-order chi connectivity index (χ1) is 14.7. The molecule has 0 aliphatic carbocycles. The Morgan fingerprint density at radius 2 is 2.03 bits per heavy atom. The normalized spacial score (nSPS) is 11.1. The first-order valence-electron chi connectivity index (χ1n) is 10.1. The van der Waals surface area contributed by atoms with Crippen molar-refractivity contribution in [2.75, 3.05) is 17.2 Å². The van der Waals surface area contributed by atoms with Crippen LogP contribution in [-0.2, 0) is 17.8 Å². The third-order valence-electron chi connectivity index (χ3n) is 4.87. The van der Waals surface area contributed by atoms with Crippen LogP contribution in [0.5, 0.6) is 0 Å². The summed E-state index contributed by atoms with van der Waals surface area (Å²) in [6, 6.07) is 16.3. The molecular weight excluding hydrogens is 412 g/mol. The Hall–Kier alpha value is -2.64. The number of rotatable bonds is 9. The first-order valence-corrected chi connectivity index (χ1v) is 11.9. The quantitative estimate of drug-likeness (QED) is 0.335. The minimum atomic E-state index is 0.0894. The molecule has 0 saturated heterocycles. The Bertz CT molecular complexity index is 1090. The van der Waals surface area contributed by atoms with Crippen molar-refractivity contribution in [1.82, 2.24) is 14.5 Å². The molecule has 0 saturated carbocycles. The van der Waals surface area contributed by atoms with Gasteiger partial charge in [0.1, 0.15) is 0 Å². The number of amides is 1. The predicted octanol–water partition coefficient (Wildman–Crippen LogP) is 5.27. The Morgan fingerprint density at radius 1 is 1.17 bits per heavy atom. The molecule has 0 aliphatic heterocycles. The number of aromatic nitrogens is 3. The van der Waals surface area contributed by atoms with Crippen molar-refractivity contribution in [3.8, 4) is 0 Å². The zero-order valence-corrected chi connectivity index (χ0v) is 18.5. The van der Waals surface area contributed by atoms with E-state index in [-0.39, 0.29) is 5.91 Å². The molecule has 4 rings (SSSR count). The maximum absolute atomic E-state index is 13.2. The van der Waals surface area contributed by atoms with Gasteiger partial charge in [0.25, 0.3) is 0 Å². The molecule has 154 valence electrons. The maximum Gasteiger partial charge on any atom is 0.239 e. The van der Waals surface area contributed by atoms with E-state index in [0.29, 0.717) is 12.3 Å². The average molecular weight is 437 g/mol. The molecule has 0 unspecified atom stereocenters. The maximum atomic E-state index is 13.2. The Morgan fingerprint density at radius 3 is 2.80 bits per heavy atom. The van der Waals surface area contributed by atoms with Crippen molar-refractivity contribution in [3.05, 3.63) is 72.8 Å². The summed E-state index contributed by atoms with van der Waals surface area (Å²) in [4.78, 5) is 25.1. The van der Waals surface area contributed by atoms with E-state index in [1.54, 1.807) is 29.3 Å². The summed E-state index contributed by atoms with van der Waals surface area (Å²) in [5, 5.41) is 0.787. The highest BCUT2D eigenvalue weighted by molar-refractivity contribution is 8.00. The van der Waals surface area contributed by atoms with E-state index in [9.17, 15) is 4.79 Å². The summed E-state index contributed by atoms with van der Waals surface area (Å²) in [5.74, 6) is 0.484. The van der Waals surface area contributed by atoms with Gasteiger partial charge < -0.3 is 4.57 Å². The number of para-hydroxylation sites is 1. The van der Waals surface area contributed by atoms with E-state index in [1.165, 1.54) is 5.56 Å². The van der Waals surface area contributed by atoms with Gasteiger partial charge in [0.05, 0.1) is 22.3 Å². The van der Waals surface area contributed by atoms with Crippen LogP contribution < -0.4 is 4.90 Å². The van der Waals surface area contributed by atoms with Gasteiger partial charge in [0.2, 0.25) is 5.91 Å². The number of hydrogen-bond donors (Lipinski definition) is 0. The molecule has 4 aromatic rings. The highest BCUT2D eigenvalue weighted by Crippen LogP contribution is 2.32. The van der Waals surface area contributed by atoms with Crippen LogP contribution in [-0.4, -0.2) is 32.7 Å². The minimum Gasteiger partial charge on any atom is -0.337 e. The molecule has 2 aromatic carbocycles. The summed E-state index contributed by atoms with van der Waals surface area (Å²) in [6.07, 6.45) is 7.30. The smallest absolute Gasteiger partial charge is 0.239 e. The number of nitrogens with zero attached hydrogens (tertiary/aromatic N) is 4. The van der Waals surface area contributed by atoms with Gasteiger partial charge in [-0.05, 0) is 36.6 Å². The number of benzene rings is 2. The van der Waals surface area contributed by atoms with E-state index in [0.717, 1.165) is 39.6 Å². The molecule has 7 heteroatoms. The van der Waals surface area contributed by atoms with Crippen LogP contribution in [0.1, 0.15) is 18.9 Å². The van der Waals surface area contributed by atoms with Gasteiger partial charge in [0, 0.05) is 30.4 Å². The zero-order valence-electron chi connectivity index (χ0n) is 16.9. The van der Waals surface area contributed by atoms with Crippen LogP contribution in [0.3, 0.4) is 0 Å². The average Bonchev–Trinajstić information content (AvgIpc) is 3.45. The fourth-order valence-corrected chi connectivity index (χ4v) is 5.14. The third-order valence-corrected chi connectivity index (χ3v) is 6.91. The molecule has 0 fully saturated rings. The number of hydrogen-bond acceptors (Lipinski definition) is 5. The lowest BCUT2D eigenvalue weighted by atomic mass is 10.1. The van der Waals surface area contributed by atoms with Crippen LogP contribution in [0, 0.1) is 0 Å². The van der Waals surface area contributed by atoms with Crippen LogP contribution >= 0.6 is 23.1 Å². The van der Waals surface area contributed by atoms with Crippen molar-refractivity contribution in [3.63, 3.8) is 0 Å². The molecule has 0 radical (unpaired) electrons. The first kappa shape index (κ1) is 20.6. The second-order valence-electron chi connectivity index (χ2n) is 6.92. The van der Waals surface area contributed by atoms with E-state index < -0.39 is 0 Å².